The predicted octanol–water partition coefficient (Wildman–Crippen LogP) is 1.44. The van der Waals surface area contributed by atoms with Gasteiger partial charge in [-0.2, -0.15) is 17.0 Å². The molecule has 0 radical (unpaired) electrons. The fourth-order valence-electron chi connectivity index (χ4n) is 1.92. The fraction of sp³-hybridized carbons (Fsp3) is 0.417. The summed E-state index contributed by atoms with van der Waals surface area (Å²) >= 11 is 1.93. The van der Waals surface area contributed by atoms with E-state index in [1.54, 1.807) is 0 Å². The van der Waals surface area contributed by atoms with Crippen LogP contribution in [0.25, 0.3) is 0 Å². The summed E-state index contributed by atoms with van der Waals surface area (Å²) in [4.78, 5) is 2.27. The number of rotatable bonds is 2. The highest BCUT2D eigenvalue weighted by Gasteiger charge is 2.20. The molecule has 0 saturated carbocycles. The van der Waals surface area contributed by atoms with Crippen LogP contribution in [0.2, 0.25) is 0 Å². The highest BCUT2D eigenvalue weighted by Crippen LogP contribution is 2.25. The zero-order valence-corrected chi connectivity index (χ0v) is 9.91. The number of benzene rings is 1. The lowest BCUT2D eigenvalue weighted by Crippen LogP contribution is -2.41. The van der Waals surface area contributed by atoms with Gasteiger partial charge in [-0.05, 0) is 12.1 Å². The molecule has 84 valence electrons. The van der Waals surface area contributed by atoms with E-state index in [0.717, 1.165) is 30.1 Å². The second-order valence-corrected chi connectivity index (χ2v) is 5.21. The molecule has 1 atom stereocenters. The molecule has 1 aromatic carbocycles. The quantitative estimate of drug-likeness (QED) is 0.840. The van der Waals surface area contributed by atoms with Crippen molar-refractivity contribution in [1.29, 1.82) is 5.26 Å². The van der Waals surface area contributed by atoms with Crippen molar-refractivity contribution in [2.75, 3.05) is 30.3 Å². The Morgan fingerprint density at radius 2 is 2.31 bits per heavy atom. The Hall–Kier alpha value is -1.18. The minimum Gasteiger partial charge on any atom is -0.368 e. The van der Waals surface area contributed by atoms with Crippen LogP contribution in [0, 0.1) is 11.3 Å². The van der Waals surface area contributed by atoms with Crippen molar-refractivity contribution < 1.29 is 0 Å². The number of thioether (sulfide) groups is 1. The van der Waals surface area contributed by atoms with Gasteiger partial charge in [0.15, 0.2) is 0 Å². The molecular weight excluding hydrogens is 218 g/mol. The van der Waals surface area contributed by atoms with Crippen LogP contribution < -0.4 is 10.6 Å². The van der Waals surface area contributed by atoms with E-state index in [1.807, 2.05) is 36.0 Å². The lowest BCUT2D eigenvalue weighted by atomic mass is 10.1. The van der Waals surface area contributed by atoms with Crippen LogP contribution in [0.3, 0.4) is 0 Å². The van der Waals surface area contributed by atoms with Gasteiger partial charge in [0.05, 0.1) is 11.3 Å². The summed E-state index contributed by atoms with van der Waals surface area (Å²) < 4.78 is 0. The van der Waals surface area contributed by atoms with Crippen molar-refractivity contribution in [3.8, 4) is 6.07 Å². The standard InChI is InChI=1S/C12H15N3S/c13-7-10-3-1-2-4-12(10)15-5-6-16-11(8-14)9-15/h1-4,11H,5-6,8-9,14H2. The minimum absolute atomic E-state index is 0.487. The second kappa shape index (κ2) is 5.24. The molecule has 0 spiro atoms. The molecule has 1 fully saturated rings. The van der Waals surface area contributed by atoms with Gasteiger partial charge in [0.2, 0.25) is 0 Å². The average Bonchev–Trinajstić information content (AvgIpc) is 2.38. The predicted molar refractivity (Wildman–Crippen MR) is 68.7 cm³/mol. The van der Waals surface area contributed by atoms with E-state index < -0.39 is 0 Å². The fourth-order valence-corrected chi connectivity index (χ4v) is 3.01. The Kier molecular flexibility index (Phi) is 3.70. The van der Waals surface area contributed by atoms with Gasteiger partial charge in [0.1, 0.15) is 6.07 Å². The van der Waals surface area contributed by atoms with E-state index in [9.17, 15) is 0 Å². The lowest BCUT2D eigenvalue weighted by molar-refractivity contribution is 0.748. The average molecular weight is 233 g/mol. The SMILES string of the molecule is N#Cc1ccccc1N1CCSC(CN)C1. The first-order valence-electron chi connectivity index (χ1n) is 5.41. The van der Waals surface area contributed by atoms with Crippen LogP contribution in [-0.4, -0.2) is 30.6 Å². The Bertz CT molecular complexity index is 399. The van der Waals surface area contributed by atoms with Crippen LogP contribution >= 0.6 is 11.8 Å². The van der Waals surface area contributed by atoms with E-state index in [4.69, 9.17) is 11.0 Å². The van der Waals surface area contributed by atoms with E-state index in [0.29, 0.717) is 11.8 Å². The van der Waals surface area contributed by atoms with Gasteiger partial charge in [-0.3, -0.25) is 0 Å². The van der Waals surface area contributed by atoms with Crippen molar-refractivity contribution in [2.24, 2.45) is 5.73 Å². The van der Waals surface area contributed by atoms with Crippen LogP contribution in [0.1, 0.15) is 5.56 Å². The number of para-hydroxylation sites is 1. The monoisotopic (exact) mass is 233 g/mol. The number of hydrogen-bond acceptors (Lipinski definition) is 4. The molecule has 16 heavy (non-hydrogen) atoms. The lowest BCUT2D eigenvalue weighted by Gasteiger charge is -2.33. The normalized spacial score (nSPS) is 20.5. The molecule has 0 amide bonds. The van der Waals surface area contributed by atoms with Crippen molar-refractivity contribution in [3.63, 3.8) is 0 Å². The second-order valence-electron chi connectivity index (χ2n) is 3.80. The van der Waals surface area contributed by atoms with Gasteiger partial charge >= 0.3 is 0 Å². The first kappa shape index (κ1) is 11.3. The molecule has 4 heteroatoms. The van der Waals surface area contributed by atoms with E-state index in [2.05, 4.69) is 11.0 Å². The maximum absolute atomic E-state index is 9.07. The smallest absolute Gasteiger partial charge is 0.101 e. The topological polar surface area (TPSA) is 53.0 Å². The zero-order chi connectivity index (χ0) is 11.4. The van der Waals surface area contributed by atoms with Crippen LogP contribution in [0.5, 0.6) is 0 Å². The third-order valence-corrected chi connectivity index (χ3v) is 4.00. The molecular formula is C12H15N3S. The van der Waals surface area contributed by atoms with Gasteiger partial charge in [0.25, 0.3) is 0 Å². The molecule has 1 saturated heterocycles. The molecule has 3 nitrogen and oxygen atoms in total. The van der Waals surface area contributed by atoms with E-state index >= 15 is 0 Å². The van der Waals surface area contributed by atoms with Gasteiger partial charge in [-0.15, -0.1) is 0 Å². The Balaban J connectivity index is 2.20. The molecule has 1 heterocycles. The minimum atomic E-state index is 0.487. The number of nitrogens with two attached hydrogens (primary N) is 1. The summed E-state index contributed by atoms with van der Waals surface area (Å²) in [5, 5.41) is 9.55. The molecule has 0 aliphatic carbocycles. The van der Waals surface area contributed by atoms with E-state index in [-0.39, 0.29) is 0 Å². The van der Waals surface area contributed by atoms with Gasteiger partial charge < -0.3 is 10.6 Å². The summed E-state index contributed by atoms with van der Waals surface area (Å²) in [6.45, 7) is 2.65. The van der Waals surface area contributed by atoms with Gasteiger partial charge in [0, 0.05) is 30.6 Å². The summed E-state index contributed by atoms with van der Waals surface area (Å²) in [7, 11) is 0. The summed E-state index contributed by atoms with van der Waals surface area (Å²) in [5.41, 5.74) is 7.50. The van der Waals surface area contributed by atoms with E-state index in [1.165, 1.54) is 0 Å². The third kappa shape index (κ3) is 2.31. The number of hydrogen-bond donors (Lipinski definition) is 1. The number of nitrogens with zero attached hydrogens (tertiary/aromatic N) is 2. The number of anilines is 1. The molecule has 1 aliphatic heterocycles. The Labute approximate surface area is 100 Å². The zero-order valence-electron chi connectivity index (χ0n) is 9.10. The third-order valence-electron chi connectivity index (χ3n) is 2.77. The van der Waals surface area contributed by atoms with Crippen LogP contribution in [0.15, 0.2) is 24.3 Å². The first-order chi connectivity index (χ1) is 7.85. The Morgan fingerprint density at radius 1 is 1.50 bits per heavy atom. The van der Waals surface area contributed by atoms with Crippen molar-refractivity contribution in [1.82, 2.24) is 0 Å². The van der Waals surface area contributed by atoms with Gasteiger partial charge in [-0.25, -0.2) is 0 Å². The molecule has 2 N–H and O–H groups in total. The highest BCUT2D eigenvalue weighted by molar-refractivity contribution is 8.00. The maximum atomic E-state index is 9.07. The molecule has 0 bridgehead atoms. The van der Waals surface area contributed by atoms with Crippen molar-refractivity contribution in [3.05, 3.63) is 29.8 Å². The first-order valence-corrected chi connectivity index (χ1v) is 6.45. The Morgan fingerprint density at radius 3 is 3.06 bits per heavy atom. The summed E-state index contributed by atoms with van der Waals surface area (Å²) in [6.07, 6.45) is 0. The number of nitriles is 1. The molecule has 2 rings (SSSR count). The van der Waals surface area contributed by atoms with Crippen molar-refractivity contribution >= 4 is 17.4 Å². The molecule has 1 aliphatic rings. The van der Waals surface area contributed by atoms with Crippen LogP contribution in [-0.2, 0) is 0 Å². The summed E-state index contributed by atoms with van der Waals surface area (Å²) in [6, 6.07) is 10.0. The van der Waals surface area contributed by atoms with Crippen LogP contribution in [0.4, 0.5) is 5.69 Å². The molecule has 1 unspecified atom stereocenters. The molecule has 1 aromatic rings. The highest BCUT2D eigenvalue weighted by atomic mass is 32.2. The van der Waals surface area contributed by atoms with Gasteiger partial charge in [-0.1, -0.05) is 12.1 Å². The summed E-state index contributed by atoms with van der Waals surface area (Å²) in [5.74, 6) is 1.08. The van der Waals surface area contributed by atoms with Crippen molar-refractivity contribution in [2.45, 2.75) is 5.25 Å². The largest absolute Gasteiger partial charge is 0.368 e. The maximum Gasteiger partial charge on any atom is 0.101 e. The molecule has 0 aromatic heterocycles.